The van der Waals surface area contributed by atoms with Crippen molar-refractivity contribution >= 4 is 9.92 Å². The molecule has 0 aromatic carbocycles. The number of imidazole rings is 1. The molecule has 0 aliphatic carbocycles. The Morgan fingerprint density at radius 2 is 2.42 bits per heavy atom. The third-order valence-corrected chi connectivity index (χ3v) is 3.95. The minimum Gasteiger partial charge on any atom is -0.249 e. The first-order valence-corrected chi connectivity index (χ1v) is 5.48. The molecule has 0 amide bonds. The highest BCUT2D eigenvalue weighted by atomic mass is 32.2. The summed E-state index contributed by atoms with van der Waals surface area (Å²) in [7, 11) is -0.652. The molecular weight excluding hydrogens is 174 g/mol. The Kier molecular flexibility index (Phi) is 2.86. The Hall–Kier alpha value is -0.840. The van der Waals surface area contributed by atoms with Crippen molar-refractivity contribution in [2.24, 2.45) is 4.36 Å². The molecule has 68 valence electrons. The van der Waals surface area contributed by atoms with Gasteiger partial charge in [-0.1, -0.05) is 6.92 Å². The van der Waals surface area contributed by atoms with Crippen LogP contribution < -0.4 is 0 Å². The minimum absolute atomic E-state index is 0.583. The number of aromatic nitrogens is 2. The van der Waals surface area contributed by atoms with Crippen LogP contribution in [0.4, 0.5) is 0 Å². The minimum atomic E-state index is -2.23. The molecule has 0 fully saturated rings. The van der Waals surface area contributed by atoms with Gasteiger partial charge in [0.1, 0.15) is 16.2 Å². The summed E-state index contributed by atoms with van der Waals surface area (Å²) < 4.78 is 17.5. The zero-order chi connectivity index (χ0) is 9.03. The SMILES string of the molecule is CCCS(=O)(=NC)n1ccnc1. The fraction of sp³-hybridized carbons (Fsp3) is 0.571. The molecule has 1 aromatic rings. The monoisotopic (exact) mass is 187 g/mol. The summed E-state index contributed by atoms with van der Waals surface area (Å²) in [5.74, 6) is 0.583. The highest BCUT2D eigenvalue weighted by molar-refractivity contribution is 7.92. The number of hydrogen-bond acceptors (Lipinski definition) is 3. The maximum absolute atomic E-state index is 12.0. The van der Waals surface area contributed by atoms with Crippen molar-refractivity contribution in [2.75, 3.05) is 12.8 Å². The topological polar surface area (TPSA) is 47.2 Å². The van der Waals surface area contributed by atoms with Crippen LogP contribution in [0.2, 0.25) is 0 Å². The lowest BCUT2D eigenvalue weighted by atomic mass is 10.6. The van der Waals surface area contributed by atoms with Crippen LogP contribution in [0, 0.1) is 0 Å². The quantitative estimate of drug-likeness (QED) is 0.712. The molecule has 0 N–H and O–H groups in total. The summed E-state index contributed by atoms with van der Waals surface area (Å²) in [6.07, 6.45) is 5.70. The second-order valence-electron chi connectivity index (χ2n) is 2.42. The van der Waals surface area contributed by atoms with Gasteiger partial charge in [-0.15, -0.1) is 0 Å². The van der Waals surface area contributed by atoms with E-state index in [1.807, 2.05) is 6.92 Å². The van der Waals surface area contributed by atoms with Gasteiger partial charge >= 0.3 is 0 Å². The first-order valence-electron chi connectivity index (χ1n) is 3.84. The van der Waals surface area contributed by atoms with Gasteiger partial charge in [0.15, 0.2) is 0 Å². The summed E-state index contributed by atoms with van der Waals surface area (Å²) >= 11 is 0. The average molecular weight is 187 g/mol. The maximum atomic E-state index is 12.0. The van der Waals surface area contributed by atoms with Gasteiger partial charge in [0, 0.05) is 19.4 Å². The Bertz CT molecular complexity index is 336. The molecule has 1 aromatic heterocycles. The highest BCUT2D eigenvalue weighted by Gasteiger charge is 2.07. The molecule has 12 heavy (non-hydrogen) atoms. The molecule has 1 heterocycles. The Morgan fingerprint density at radius 3 is 2.83 bits per heavy atom. The van der Waals surface area contributed by atoms with Gasteiger partial charge in [0.25, 0.3) is 0 Å². The predicted molar refractivity (Wildman–Crippen MR) is 49.3 cm³/mol. The van der Waals surface area contributed by atoms with E-state index in [-0.39, 0.29) is 0 Å². The summed E-state index contributed by atoms with van der Waals surface area (Å²) in [6.45, 7) is 1.99. The van der Waals surface area contributed by atoms with Crippen LogP contribution in [0.3, 0.4) is 0 Å². The van der Waals surface area contributed by atoms with Crippen molar-refractivity contribution in [3.05, 3.63) is 18.7 Å². The number of rotatable bonds is 3. The largest absolute Gasteiger partial charge is 0.249 e. The van der Waals surface area contributed by atoms with Crippen LogP contribution in [0.15, 0.2) is 23.1 Å². The Balaban J connectivity index is 3.06. The maximum Gasteiger partial charge on any atom is 0.136 e. The molecule has 0 aliphatic heterocycles. The van der Waals surface area contributed by atoms with Gasteiger partial charge in [0.05, 0.1) is 5.75 Å². The Morgan fingerprint density at radius 1 is 1.67 bits per heavy atom. The van der Waals surface area contributed by atoms with E-state index in [0.717, 1.165) is 6.42 Å². The van der Waals surface area contributed by atoms with Crippen LogP contribution in [0.25, 0.3) is 0 Å². The number of nitrogens with zero attached hydrogens (tertiary/aromatic N) is 3. The summed E-state index contributed by atoms with van der Waals surface area (Å²) in [4.78, 5) is 3.84. The lowest BCUT2D eigenvalue weighted by molar-refractivity contribution is 0.668. The first-order chi connectivity index (χ1) is 5.73. The van der Waals surface area contributed by atoms with Gasteiger partial charge in [-0.25, -0.2) is 17.5 Å². The smallest absolute Gasteiger partial charge is 0.136 e. The third-order valence-electron chi connectivity index (χ3n) is 1.56. The van der Waals surface area contributed by atoms with E-state index < -0.39 is 9.92 Å². The van der Waals surface area contributed by atoms with E-state index in [2.05, 4.69) is 9.35 Å². The van der Waals surface area contributed by atoms with Crippen molar-refractivity contribution in [3.63, 3.8) is 0 Å². The Labute approximate surface area is 72.9 Å². The van der Waals surface area contributed by atoms with Crippen LogP contribution in [-0.2, 0) is 9.92 Å². The second kappa shape index (κ2) is 3.71. The molecule has 0 aliphatic rings. The van der Waals surface area contributed by atoms with E-state index >= 15 is 0 Å². The van der Waals surface area contributed by atoms with E-state index in [0.29, 0.717) is 5.75 Å². The van der Waals surface area contributed by atoms with Crippen molar-refractivity contribution < 1.29 is 4.21 Å². The lowest BCUT2D eigenvalue weighted by Gasteiger charge is -2.07. The summed E-state index contributed by atoms with van der Waals surface area (Å²) in [5.41, 5.74) is 0. The van der Waals surface area contributed by atoms with Crippen LogP contribution in [0.1, 0.15) is 13.3 Å². The van der Waals surface area contributed by atoms with E-state index in [1.54, 1.807) is 29.7 Å². The third kappa shape index (κ3) is 1.66. The van der Waals surface area contributed by atoms with E-state index in [9.17, 15) is 4.21 Å². The summed E-state index contributed by atoms with van der Waals surface area (Å²) in [5, 5.41) is 0. The molecule has 0 bridgehead atoms. The fourth-order valence-corrected chi connectivity index (χ4v) is 2.53. The fourth-order valence-electron chi connectivity index (χ4n) is 0.973. The molecule has 0 spiro atoms. The molecule has 5 heteroatoms. The second-order valence-corrected chi connectivity index (χ2v) is 4.82. The highest BCUT2D eigenvalue weighted by Crippen LogP contribution is 2.02. The molecule has 4 nitrogen and oxygen atoms in total. The molecule has 0 saturated heterocycles. The molecule has 1 atom stereocenters. The average Bonchev–Trinajstić information content (AvgIpc) is 2.57. The van der Waals surface area contributed by atoms with Gasteiger partial charge in [-0.05, 0) is 6.42 Å². The normalized spacial score (nSPS) is 15.5. The molecule has 1 rings (SSSR count). The van der Waals surface area contributed by atoms with Crippen molar-refractivity contribution in [3.8, 4) is 0 Å². The van der Waals surface area contributed by atoms with Crippen LogP contribution in [0.5, 0.6) is 0 Å². The van der Waals surface area contributed by atoms with Crippen LogP contribution >= 0.6 is 0 Å². The van der Waals surface area contributed by atoms with Gasteiger partial charge in [-0.2, -0.15) is 0 Å². The molecule has 1 unspecified atom stereocenters. The van der Waals surface area contributed by atoms with E-state index in [4.69, 9.17) is 0 Å². The van der Waals surface area contributed by atoms with Gasteiger partial charge in [-0.3, -0.25) is 0 Å². The van der Waals surface area contributed by atoms with E-state index in [1.165, 1.54) is 0 Å². The van der Waals surface area contributed by atoms with Crippen LogP contribution in [-0.4, -0.2) is 26.0 Å². The zero-order valence-corrected chi connectivity index (χ0v) is 8.12. The summed E-state index contributed by atoms with van der Waals surface area (Å²) in [6, 6.07) is 0. The van der Waals surface area contributed by atoms with Crippen molar-refractivity contribution in [1.82, 2.24) is 8.96 Å². The number of hydrogen-bond donors (Lipinski definition) is 0. The van der Waals surface area contributed by atoms with Crippen molar-refractivity contribution in [2.45, 2.75) is 13.3 Å². The van der Waals surface area contributed by atoms with Gasteiger partial charge in [0.2, 0.25) is 0 Å². The van der Waals surface area contributed by atoms with Gasteiger partial charge < -0.3 is 0 Å². The predicted octanol–water partition coefficient (Wildman–Crippen LogP) is 1.15. The molecule has 0 saturated carbocycles. The lowest BCUT2D eigenvalue weighted by Crippen LogP contribution is -2.13. The molecule has 0 radical (unpaired) electrons. The zero-order valence-electron chi connectivity index (χ0n) is 7.30. The molecular formula is C7H13N3OS. The van der Waals surface area contributed by atoms with Crippen molar-refractivity contribution in [1.29, 1.82) is 0 Å². The standard InChI is InChI=1S/C7H13N3OS/c1-3-6-12(11,8-2)10-5-4-9-7-10/h4-5,7H,3,6H2,1-2H3. The first kappa shape index (κ1) is 9.25.